The maximum absolute atomic E-state index is 12.5. The minimum Gasteiger partial charge on any atom is -0.495 e. The summed E-state index contributed by atoms with van der Waals surface area (Å²) in [5.74, 6) is -0.0995. The molecule has 0 atom stereocenters. The van der Waals surface area contributed by atoms with Gasteiger partial charge in [-0.3, -0.25) is 9.69 Å². The number of carbonyl (C=O) groups is 2. The van der Waals surface area contributed by atoms with Crippen LogP contribution in [-0.4, -0.2) is 33.8 Å². The van der Waals surface area contributed by atoms with Crippen molar-refractivity contribution >= 4 is 34.0 Å². The Kier molecular flexibility index (Phi) is 6.74. The van der Waals surface area contributed by atoms with E-state index in [1.807, 2.05) is 48.9 Å². The van der Waals surface area contributed by atoms with E-state index >= 15 is 0 Å². The number of methoxy groups -OCH3 is 1. The van der Waals surface area contributed by atoms with Gasteiger partial charge in [0, 0.05) is 18.0 Å². The van der Waals surface area contributed by atoms with Gasteiger partial charge in [0.05, 0.1) is 35.4 Å². The fourth-order valence-electron chi connectivity index (χ4n) is 3.54. The number of esters is 1. The van der Waals surface area contributed by atoms with Crippen LogP contribution in [0.4, 0.5) is 10.8 Å². The average Bonchev–Trinajstić information content (AvgIpc) is 3.43. The Bertz CT molecular complexity index is 1330. The second-order valence-corrected chi connectivity index (χ2v) is 8.45. The summed E-state index contributed by atoms with van der Waals surface area (Å²) in [4.78, 5) is 30.9. The van der Waals surface area contributed by atoms with Gasteiger partial charge in [-0.25, -0.2) is 14.5 Å². The third-order valence-corrected chi connectivity index (χ3v) is 5.95. The smallest absolute Gasteiger partial charge is 0.338 e. The largest absolute Gasteiger partial charge is 0.495 e. The molecule has 0 aliphatic heterocycles. The number of carbonyl (C=O) groups excluding carboxylic acids is 2. The fourth-order valence-corrected chi connectivity index (χ4v) is 4.40. The molecule has 0 fully saturated rings. The van der Waals surface area contributed by atoms with Crippen molar-refractivity contribution in [1.29, 1.82) is 0 Å². The molecule has 0 radical (unpaired) electrons. The Labute approximate surface area is 201 Å². The van der Waals surface area contributed by atoms with E-state index in [0.29, 0.717) is 27.8 Å². The minimum atomic E-state index is -0.456. The van der Waals surface area contributed by atoms with Crippen molar-refractivity contribution in [1.82, 2.24) is 14.8 Å². The zero-order chi connectivity index (χ0) is 24.2. The second kappa shape index (κ2) is 9.88. The zero-order valence-electron chi connectivity index (χ0n) is 19.3. The predicted octanol–water partition coefficient (Wildman–Crippen LogP) is 5.00. The first kappa shape index (κ1) is 23.2. The molecule has 0 bridgehead atoms. The summed E-state index contributed by atoms with van der Waals surface area (Å²) in [5, 5.41) is 6.68. The van der Waals surface area contributed by atoms with Crippen molar-refractivity contribution in [2.24, 2.45) is 0 Å². The topological polar surface area (TPSA) is 86.5 Å². The number of aryl methyl sites for hydroxylation is 2. The molecule has 0 N–H and O–H groups in total. The first-order valence-electron chi connectivity index (χ1n) is 10.6. The quantitative estimate of drug-likeness (QED) is 0.349. The molecule has 0 saturated carbocycles. The summed E-state index contributed by atoms with van der Waals surface area (Å²) in [5.41, 5.74) is 4.39. The standard InChI is InChI=1S/C25H24N4O4S/c1-16-13-17(2)29(27-16)21-11-9-19(10-12-21)24(31)33-14-20-15-34-25(26-20)28(18(3)30)22-7-5-6-8-23(22)32-4/h5-13,15H,14H2,1-4H3. The van der Waals surface area contributed by atoms with E-state index in [1.54, 1.807) is 36.8 Å². The number of benzene rings is 2. The van der Waals surface area contributed by atoms with E-state index in [4.69, 9.17) is 9.47 Å². The van der Waals surface area contributed by atoms with Gasteiger partial charge in [0.2, 0.25) is 5.91 Å². The Morgan fingerprint density at radius 1 is 1.09 bits per heavy atom. The van der Waals surface area contributed by atoms with Crippen LogP contribution in [0.5, 0.6) is 5.75 Å². The number of ether oxygens (including phenoxy) is 2. The number of hydrogen-bond acceptors (Lipinski definition) is 7. The van der Waals surface area contributed by atoms with E-state index in [9.17, 15) is 9.59 Å². The Morgan fingerprint density at radius 3 is 2.47 bits per heavy atom. The molecule has 0 aliphatic carbocycles. The third-order valence-electron chi connectivity index (χ3n) is 5.08. The van der Waals surface area contributed by atoms with Crippen LogP contribution in [0.15, 0.2) is 60.0 Å². The minimum absolute atomic E-state index is 0.00773. The summed E-state index contributed by atoms with van der Waals surface area (Å²) in [7, 11) is 1.55. The van der Waals surface area contributed by atoms with Crippen molar-refractivity contribution in [3.05, 3.63) is 82.6 Å². The second-order valence-electron chi connectivity index (χ2n) is 7.61. The molecule has 4 aromatic rings. The fraction of sp³-hybridized carbons (Fsp3) is 0.200. The van der Waals surface area contributed by atoms with Crippen LogP contribution in [0.25, 0.3) is 5.69 Å². The molecule has 2 heterocycles. The lowest BCUT2D eigenvalue weighted by Crippen LogP contribution is -2.23. The Hall–Kier alpha value is -3.98. The van der Waals surface area contributed by atoms with Crippen LogP contribution in [0.2, 0.25) is 0 Å². The molecule has 174 valence electrons. The lowest BCUT2D eigenvalue weighted by molar-refractivity contribution is -0.115. The first-order valence-corrected chi connectivity index (χ1v) is 11.4. The maximum Gasteiger partial charge on any atom is 0.338 e. The van der Waals surface area contributed by atoms with Crippen molar-refractivity contribution in [2.45, 2.75) is 27.4 Å². The SMILES string of the molecule is COc1ccccc1N(C(C)=O)c1nc(COC(=O)c2ccc(-n3nc(C)cc3C)cc2)cs1. The van der Waals surface area contributed by atoms with Crippen molar-refractivity contribution < 1.29 is 19.1 Å². The van der Waals surface area contributed by atoms with Gasteiger partial charge in [-0.05, 0) is 56.3 Å². The molecule has 1 amide bonds. The number of thiazole rings is 1. The Morgan fingerprint density at radius 2 is 1.82 bits per heavy atom. The van der Waals surface area contributed by atoms with Gasteiger partial charge in [0.1, 0.15) is 12.4 Å². The van der Waals surface area contributed by atoms with Crippen LogP contribution >= 0.6 is 11.3 Å². The zero-order valence-corrected chi connectivity index (χ0v) is 20.1. The van der Waals surface area contributed by atoms with Crippen LogP contribution in [0, 0.1) is 13.8 Å². The van der Waals surface area contributed by atoms with Gasteiger partial charge in [-0.15, -0.1) is 11.3 Å². The molecular weight excluding hydrogens is 452 g/mol. The average molecular weight is 477 g/mol. The monoisotopic (exact) mass is 476 g/mol. The number of aromatic nitrogens is 3. The summed E-state index contributed by atoms with van der Waals surface area (Å²) in [6.45, 7) is 5.37. The number of para-hydroxylation sites is 2. The van der Waals surface area contributed by atoms with E-state index in [1.165, 1.54) is 23.2 Å². The molecule has 2 aromatic carbocycles. The number of rotatable bonds is 7. The summed E-state index contributed by atoms with van der Waals surface area (Å²) < 4.78 is 12.7. The highest BCUT2D eigenvalue weighted by Gasteiger charge is 2.21. The first-order chi connectivity index (χ1) is 16.4. The van der Waals surface area contributed by atoms with E-state index in [2.05, 4.69) is 10.1 Å². The molecule has 0 spiro atoms. The van der Waals surface area contributed by atoms with Crippen LogP contribution in [0.1, 0.15) is 34.4 Å². The highest BCUT2D eigenvalue weighted by atomic mass is 32.1. The van der Waals surface area contributed by atoms with Gasteiger partial charge in [-0.1, -0.05) is 12.1 Å². The lowest BCUT2D eigenvalue weighted by Gasteiger charge is -2.20. The van der Waals surface area contributed by atoms with Gasteiger partial charge in [0.25, 0.3) is 0 Å². The molecule has 8 nitrogen and oxygen atoms in total. The Balaban J connectivity index is 1.44. The normalized spacial score (nSPS) is 10.7. The molecule has 34 heavy (non-hydrogen) atoms. The number of amides is 1. The summed E-state index contributed by atoms with van der Waals surface area (Å²) >= 11 is 1.29. The van der Waals surface area contributed by atoms with Gasteiger partial charge in [-0.2, -0.15) is 5.10 Å². The van der Waals surface area contributed by atoms with E-state index in [-0.39, 0.29) is 12.5 Å². The third kappa shape index (κ3) is 4.84. The molecule has 0 aliphatic rings. The van der Waals surface area contributed by atoms with Crippen LogP contribution < -0.4 is 9.64 Å². The molecular formula is C25H24N4O4S. The van der Waals surface area contributed by atoms with E-state index < -0.39 is 5.97 Å². The van der Waals surface area contributed by atoms with Crippen LogP contribution in [-0.2, 0) is 16.1 Å². The summed E-state index contributed by atoms with van der Waals surface area (Å²) in [6.07, 6.45) is 0. The van der Waals surface area contributed by atoms with E-state index in [0.717, 1.165) is 17.1 Å². The molecule has 0 saturated heterocycles. The summed E-state index contributed by atoms with van der Waals surface area (Å²) in [6, 6.07) is 16.3. The van der Waals surface area contributed by atoms with Crippen molar-refractivity contribution in [3.8, 4) is 11.4 Å². The maximum atomic E-state index is 12.5. The lowest BCUT2D eigenvalue weighted by atomic mass is 10.2. The number of hydrogen-bond donors (Lipinski definition) is 0. The highest BCUT2D eigenvalue weighted by Crippen LogP contribution is 2.35. The van der Waals surface area contributed by atoms with Gasteiger partial charge < -0.3 is 9.47 Å². The predicted molar refractivity (Wildman–Crippen MR) is 130 cm³/mol. The molecule has 9 heteroatoms. The van der Waals surface area contributed by atoms with Crippen molar-refractivity contribution in [3.63, 3.8) is 0 Å². The molecule has 4 rings (SSSR count). The van der Waals surface area contributed by atoms with Crippen LogP contribution in [0.3, 0.4) is 0 Å². The number of anilines is 2. The highest BCUT2D eigenvalue weighted by molar-refractivity contribution is 7.14. The van der Waals surface area contributed by atoms with Gasteiger partial charge >= 0.3 is 5.97 Å². The molecule has 2 aromatic heterocycles. The van der Waals surface area contributed by atoms with Gasteiger partial charge in [0.15, 0.2) is 5.13 Å². The molecule has 0 unspecified atom stereocenters. The number of nitrogens with zero attached hydrogens (tertiary/aromatic N) is 4. The van der Waals surface area contributed by atoms with Crippen molar-refractivity contribution in [2.75, 3.05) is 12.0 Å².